The third-order valence-corrected chi connectivity index (χ3v) is 7.44. The molecule has 2 aliphatic heterocycles. The maximum absolute atomic E-state index is 12.0. The average molecular weight is 505 g/mol. The van der Waals surface area contributed by atoms with Crippen molar-refractivity contribution < 1.29 is 54.4 Å². The average Bonchev–Trinajstić information content (AvgIpc) is 3.06. The summed E-state index contributed by atoms with van der Waals surface area (Å²) in [5.41, 5.74) is -1.10. The molecule has 11 nitrogen and oxygen atoms in total. The SMILES string of the molecule is CC1=CC(=O)CC(C)(C)C1CCC(C)OC1OC(CO)C(O)C(O)C1OC1OCC(O)(CO)C1O. The topological polar surface area (TPSA) is 175 Å². The summed E-state index contributed by atoms with van der Waals surface area (Å²) in [4.78, 5) is 12.0. The van der Waals surface area contributed by atoms with Crippen LogP contribution in [0.4, 0.5) is 0 Å². The highest BCUT2D eigenvalue weighted by molar-refractivity contribution is 5.91. The zero-order valence-corrected chi connectivity index (χ0v) is 20.7. The van der Waals surface area contributed by atoms with E-state index in [-0.39, 0.29) is 17.1 Å². The Bertz CT molecular complexity index is 771. The van der Waals surface area contributed by atoms with Crippen molar-refractivity contribution in [1.29, 1.82) is 0 Å². The highest BCUT2D eigenvalue weighted by Gasteiger charge is 2.53. The number of ether oxygens (including phenoxy) is 4. The minimum Gasteiger partial charge on any atom is -0.394 e. The molecule has 1 aliphatic carbocycles. The Morgan fingerprint density at radius 1 is 1.17 bits per heavy atom. The Labute approximate surface area is 205 Å². The minimum atomic E-state index is -1.93. The predicted molar refractivity (Wildman–Crippen MR) is 121 cm³/mol. The maximum atomic E-state index is 12.0. The first kappa shape index (κ1) is 28.6. The quantitative estimate of drug-likeness (QED) is 0.227. The summed E-state index contributed by atoms with van der Waals surface area (Å²) in [6, 6.07) is 0. The molecular weight excluding hydrogens is 464 g/mol. The monoisotopic (exact) mass is 504 g/mol. The molecule has 2 saturated heterocycles. The van der Waals surface area contributed by atoms with Crippen molar-refractivity contribution >= 4 is 5.78 Å². The van der Waals surface area contributed by atoms with Crippen molar-refractivity contribution in [3.8, 4) is 0 Å². The number of allylic oxidation sites excluding steroid dienone is 2. The molecule has 0 amide bonds. The number of ketones is 1. The Balaban J connectivity index is 1.68. The first-order valence-corrected chi connectivity index (χ1v) is 12.1. The van der Waals surface area contributed by atoms with Crippen LogP contribution in [0.25, 0.3) is 0 Å². The van der Waals surface area contributed by atoms with Crippen LogP contribution < -0.4 is 0 Å². The van der Waals surface area contributed by atoms with Crippen LogP contribution in [0.3, 0.4) is 0 Å². The van der Waals surface area contributed by atoms with E-state index in [0.717, 1.165) is 12.0 Å². The van der Waals surface area contributed by atoms with Crippen LogP contribution >= 0.6 is 0 Å². The van der Waals surface area contributed by atoms with Gasteiger partial charge in [-0.2, -0.15) is 0 Å². The summed E-state index contributed by atoms with van der Waals surface area (Å²) in [5, 5.41) is 60.5. The molecule has 10 atom stereocenters. The molecule has 0 bridgehead atoms. The lowest BCUT2D eigenvalue weighted by Crippen LogP contribution is -2.62. The molecule has 0 aromatic heterocycles. The van der Waals surface area contributed by atoms with Crippen molar-refractivity contribution in [2.24, 2.45) is 11.3 Å². The lowest BCUT2D eigenvalue weighted by molar-refractivity contribution is -0.342. The van der Waals surface area contributed by atoms with Gasteiger partial charge in [0.2, 0.25) is 0 Å². The molecule has 0 saturated carbocycles. The van der Waals surface area contributed by atoms with Gasteiger partial charge in [0, 0.05) is 6.42 Å². The molecule has 10 unspecified atom stereocenters. The van der Waals surface area contributed by atoms with Crippen molar-refractivity contribution in [1.82, 2.24) is 0 Å². The van der Waals surface area contributed by atoms with Crippen molar-refractivity contribution in [3.63, 3.8) is 0 Å². The van der Waals surface area contributed by atoms with Crippen LogP contribution in [-0.4, -0.2) is 111 Å². The van der Waals surface area contributed by atoms with Gasteiger partial charge in [-0.25, -0.2) is 0 Å². The predicted octanol–water partition coefficient (Wildman–Crippen LogP) is -1.00. The van der Waals surface area contributed by atoms with Gasteiger partial charge in [0.25, 0.3) is 0 Å². The minimum absolute atomic E-state index is 0.121. The van der Waals surface area contributed by atoms with Crippen molar-refractivity contribution in [2.75, 3.05) is 19.8 Å². The number of hydrogen-bond acceptors (Lipinski definition) is 11. The highest BCUT2D eigenvalue weighted by Crippen LogP contribution is 2.42. The summed E-state index contributed by atoms with van der Waals surface area (Å²) < 4.78 is 22.7. The Morgan fingerprint density at radius 3 is 2.43 bits per heavy atom. The van der Waals surface area contributed by atoms with E-state index in [9.17, 15) is 35.4 Å². The molecule has 0 spiro atoms. The van der Waals surface area contributed by atoms with E-state index in [2.05, 4.69) is 13.8 Å². The standard InChI is InChI=1S/C24H40O11/c1-12-7-14(27)8-23(3,4)15(12)6-5-13(2)33-21-19(18(29)17(28)16(9-25)34-21)35-22-20(30)24(31,10-26)11-32-22/h7,13,15-22,25-26,28-31H,5-6,8-11H2,1-4H3. The molecule has 0 aromatic rings. The van der Waals surface area contributed by atoms with Crippen LogP contribution in [-0.2, 0) is 23.7 Å². The molecule has 2 heterocycles. The molecule has 6 N–H and O–H groups in total. The van der Waals surface area contributed by atoms with Crippen molar-refractivity contribution in [2.45, 2.75) is 102 Å². The van der Waals surface area contributed by atoms with Gasteiger partial charge in [-0.15, -0.1) is 0 Å². The van der Waals surface area contributed by atoms with E-state index >= 15 is 0 Å². The first-order valence-electron chi connectivity index (χ1n) is 12.1. The molecule has 3 rings (SSSR count). The number of aliphatic hydroxyl groups is 6. The van der Waals surface area contributed by atoms with E-state index in [1.807, 2.05) is 13.8 Å². The molecule has 2 fully saturated rings. The van der Waals surface area contributed by atoms with E-state index < -0.39 is 74.6 Å². The maximum Gasteiger partial charge on any atom is 0.187 e. The van der Waals surface area contributed by atoms with Gasteiger partial charge in [0.15, 0.2) is 18.4 Å². The van der Waals surface area contributed by atoms with Crippen LogP contribution in [0.15, 0.2) is 11.6 Å². The van der Waals surface area contributed by atoms with Gasteiger partial charge in [0.05, 0.1) is 25.9 Å². The second-order valence-electron chi connectivity index (χ2n) is 10.8. The molecular formula is C24H40O11. The van der Waals surface area contributed by atoms with Gasteiger partial charge in [-0.1, -0.05) is 19.4 Å². The van der Waals surface area contributed by atoms with E-state index in [4.69, 9.17) is 18.9 Å². The number of hydrogen-bond donors (Lipinski definition) is 6. The van der Waals surface area contributed by atoms with Gasteiger partial charge >= 0.3 is 0 Å². The van der Waals surface area contributed by atoms with E-state index in [1.54, 1.807) is 6.08 Å². The third kappa shape index (κ3) is 6.12. The first-order chi connectivity index (χ1) is 16.3. The fraction of sp³-hybridized carbons (Fsp3) is 0.875. The summed E-state index contributed by atoms with van der Waals surface area (Å²) in [6.07, 6.45) is -6.64. The Morgan fingerprint density at radius 2 is 1.86 bits per heavy atom. The van der Waals surface area contributed by atoms with Crippen LogP contribution in [0.1, 0.15) is 47.0 Å². The normalized spacial score (nSPS) is 42.7. The lowest BCUT2D eigenvalue weighted by Gasteiger charge is -2.43. The molecule has 3 aliphatic rings. The van der Waals surface area contributed by atoms with Crippen LogP contribution in [0.5, 0.6) is 0 Å². The summed E-state index contributed by atoms with van der Waals surface area (Å²) in [6.45, 7) is 6.17. The fourth-order valence-electron chi connectivity index (χ4n) is 5.29. The molecule has 35 heavy (non-hydrogen) atoms. The molecule has 11 heteroatoms. The van der Waals surface area contributed by atoms with Crippen LogP contribution in [0, 0.1) is 11.3 Å². The third-order valence-electron chi connectivity index (χ3n) is 7.44. The van der Waals surface area contributed by atoms with Crippen LogP contribution in [0.2, 0.25) is 0 Å². The van der Waals surface area contributed by atoms with Gasteiger partial charge < -0.3 is 49.6 Å². The smallest absolute Gasteiger partial charge is 0.187 e. The summed E-state index contributed by atoms with van der Waals surface area (Å²) in [7, 11) is 0. The van der Waals surface area contributed by atoms with Crippen molar-refractivity contribution in [3.05, 3.63) is 11.6 Å². The van der Waals surface area contributed by atoms with Gasteiger partial charge in [-0.3, -0.25) is 4.79 Å². The zero-order chi connectivity index (χ0) is 26.1. The second-order valence-corrected chi connectivity index (χ2v) is 10.8. The Hall–Kier alpha value is -0.990. The highest BCUT2D eigenvalue weighted by atomic mass is 16.8. The molecule has 202 valence electrons. The number of rotatable bonds is 9. The molecule has 0 radical (unpaired) electrons. The van der Waals surface area contributed by atoms with E-state index in [0.29, 0.717) is 12.8 Å². The summed E-state index contributed by atoms with van der Waals surface area (Å²) in [5.74, 6) is 0.303. The number of carbonyl (C=O) groups excluding carboxylic acids is 1. The zero-order valence-electron chi connectivity index (χ0n) is 20.7. The van der Waals surface area contributed by atoms with Gasteiger partial charge in [0.1, 0.15) is 36.1 Å². The molecule has 0 aromatic carbocycles. The van der Waals surface area contributed by atoms with Gasteiger partial charge in [-0.05, 0) is 44.1 Å². The second kappa shape index (κ2) is 11.2. The number of aliphatic hydroxyl groups excluding tert-OH is 5. The lowest BCUT2D eigenvalue weighted by atomic mass is 9.66. The largest absolute Gasteiger partial charge is 0.394 e. The number of carbonyl (C=O) groups is 1. The summed E-state index contributed by atoms with van der Waals surface area (Å²) >= 11 is 0. The van der Waals surface area contributed by atoms with E-state index in [1.165, 1.54) is 0 Å². The fourth-order valence-corrected chi connectivity index (χ4v) is 5.29. The Kier molecular flexibility index (Phi) is 9.13.